The minimum absolute atomic E-state index is 0.0467. The quantitative estimate of drug-likeness (QED) is 0.282. The third-order valence-electron chi connectivity index (χ3n) is 5.85. The van der Waals surface area contributed by atoms with Crippen molar-refractivity contribution >= 4 is 29.3 Å². The molecule has 8 nitrogen and oxygen atoms in total. The number of aryl methyl sites for hydroxylation is 1. The standard InChI is InChI=1S/C27H33N5O3S/c1-7-15-32-25(24(17(2)3)29-26(34)20-11-13-21(35-6)14-12-20)30-31-27(32)36-16-23(33)28-22-10-8-9-18(4)19(22)5/h7-14,17,24H,1,15-16H2,2-6H3,(H,28,33)(H,29,34). The summed E-state index contributed by atoms with van der Waals surface area (Å²) in [5.41, 5.74) is 3.48. The minimum Gasteiger partial charge on any atom is -0.497 e. The number of aromatic nitrogens is 3. The number of nitrogens with one attached hydrogen (secondary N) is 2. The van der Waals surface area contributed by atoms with E-state index in [9.17, 15) is 9.59 Å². The molecule has 0 aliphatic heterocycles. The molecule has 190 valence electrons. The fraction of sp³-hybridized carbons (Fsp3) is 0.333. The molecule has 0 bridgehead atoms. The number of amides is 2. The molecule has 0 spiro atoms. The van der Waals surface area contributed by atoms with Crippen molar-refractivity contribution in [2.24, 2.45) is 5.92 Å². The van der Waals surface area contributed by atoms with Crippen LogP contribution in [0.25, 0.3) is 0 Å². The van der Waals surface area contributed by atoms with E-state index >= 15 is 0 Å². The first-order valence-electron chi connectivity index (χ1n) is 11.7. The molecule has 2 N–H and O–H groups in total. The lowest BCUT2D eigenvalue weighted by Gasteiger charge is -2.22. The van der Waals surface area contributed by atoms with Gasteiger partial charge in [0.05, 0.1) is 18.9 Å². The second-order valence-electron chi connectivity index (χ2n) is 8.75. The first kappa shape index (κ1) is 27.0. The lowest BCUT2D eigenvalue weighted by atomic mass is 10.0. The summed E-state index contributed by atoms with van der Waals surface area (Å²) in [5.74, 6) is 1.17. The number of anilines is 1. The summed E-state index contributed by atoms with van der Waals surface area (Å²) in [6, 6.07) is 12.4. The van der Waals surface area contributed by atoms with Crippen LogP contribution in [0.3, 0.4) is 0 Å². The number of allylic oxidation sites excluding steroid dienone is 1. The fourth-order valence-electron chi connectivity index (χ4n) is 3.64. The summed E-state index contributed by atoms with van der Waals surface area (Å²) in [6.07, 6.45) is 1.75. The van der Waals surface area contributed by atoms with Crippen LogP contribution >= 0.6 is 11.8 Å². The van der Waals surface area contributed by atoms with E-state index in [1.165, 1.54) is 11.8 Å². The molecule has 1 aromatic heterocycles. The van der Waals surface area contributed by atoms with Gasteiger partial charge in [-0.1, -0.05) is 43.8 Å². The van der Waals surface area contributed by atoms with Crippen molar-refractivity contribution < 1.29 is 14.3 Å². The van der Waals surface area contributed by atoms with Crippen molar-refractivity contribution in [1.29, 1.82) is 0 Å². The average Bonchev–Trinajstić information content (AvgIpc) is 3.26. The van der Waals surface area contributed by atoms with Crippen molar-refractivity contribution in [2.45, 2.75) is 45.4 Å². The third kappa shape index (κ3) is 6.54. The first-order chi connectivity index (χ1) is 17.2. The molecular formula is C27H33N5O3S. The summed E-state index contributed by atoms with van der Waals surface area (Å²) in [4.78, 5) is 25.6. The Hall–Kier alpha value is -3.59. The van der Waals surface area contributed by atoms with Crippen molar-refractivity contribution in [2.75, 3.05) is 18.2 Å². The molecule has 36 heavy (non-hydrogen) atoms. The Labute approximate surface area is 216 Å². The smallest absolute Gasteiger partial charge is 0.251 e. The van der Waals surface area contributed by atoms with Gasteiger partial charge in [0.2, 0.25) is 5.91 Å². The van der Waals surface area contributed by atoms with Crippen molar-refractivity contribution in [1.82, 2.24) is 20.1 Å². The molecule has 0 aliphatic carbocycles. The number of ether oxygens (including phenoxy) is 1. The van der Waals surface area contributed by atoms with E-state index in [0.717, 1.165) is 16.8 Å². The van der Waals surface area contributed by atoms with Crippen LogP contribution < -0.4 is 15.4 Å². The number of carbonyl (C=O) groups excluding carboxylic acids is 2. The first-order valence-corrected chi connectivity index (χ1v) is 12.7. The molecular weight excluding hydrogens is 474 g/mol. The normalized spacial score (nSPS) is 11.7. The lowest BCUT2D eigenvalue weighted by Crippen LogP contribution is -2.33. The Morgan fingerprint density at radius 1 is 1.14 bits per heavy atom. The maximum absolute atomic E-state index is 13.0. The van der Waals surface area contributed by atoms with E-state index in [-0.39, 0.29) is 29.5 Å². The van der Waals surface area contributed by atoms with E-state index in [0.29, 0.717) is 28.8 Å². The topological polar surface area (TPSA) is 98.1 Å². The molecule has 0 fully saturated rings. The Kier molecular flexibility index (Phi) is 9.30. The number of nitrogens with zero attached hydrogens (tertiary/aromatic N) is 3. The molecule has 0 radical (unpaired) electrons. The van der Waals surface area contributed by atoms with Crippen LogP contribution in [0.4, 0.5) is 5.69 Å². The van der Waals surface area contributed by atoms with Gasteiger partial charge < -0.3 is 19.9 Å². The van der Waals surface area contributed by atoms with Crippen molar-refractivity contribution in [3.05, 3.63) is 77.6 Å². The van der Waals surface area contributed by atoms with Gasteiger partial charge in [0, 0.05) is 17.8 Å². The number of carbonyl (C=O) groups is 2. The summed E-state index contributed by atoms with van der Waals surface area (Å²) < 4.78 is 7.06. The Balaban J connectivity index is 1.75. The molecule has 0 saturated carbocycles. The number of methoxy groups -OCH3 is 1. The molecule has 1 heterocycles. The van der Waals surface area contributed by atoms with Gasteiger partial charge in [-0.25, -0.2) is 0 Å². The van der Waals surface area contributed by atoms with Crippen LogP contribution in [0, 0.1) is 19.8 Å². The summed E-state index contributed by atoms with van der Waals surface area (Å²) in [5, 5.41) is 15.4. The average molecular weight is 508 g/mol. The van der Waals surface area contributed by atoms with Crippen LogP contribution in [0.2, 0.25) is 0 Å². The zero-order chi connectivity index (χ0) is 26.2. The Bertz CT molecular complexity index is 1220. The molecule has 1 unspecified atom stereocenters. The predicted octanol–water partition coefficient (Wildman–Crippen LogP) is 4.95. The molecule has 3 aromatic rings. The van der Waals surface area contributed by atoms with Gasteiger partial charge in [0.1, 0.15) is 5.75 Å². The second kappa shape index (κ2) is 12.4. The largest absolute Gasteiger partial charge is 0.497 e. The summed E-state index contributed by atoms with van der Waals surface area (Å²) in [6.45, 7) is 12.3. The zero-order valence-corrected chi connectivity index (χ0v) is 22.2. The van der Waals surface area contributed by atoms with Crippen LogP contribution in [0.15, 0.2) is 60.3 Å². The maximum Gasteiger partial charge on any atom is 0.251 e. The molecule has 0 aliphatic rings. The number of hydrogen-bond donors (Lipinski definition) is 2. The van der Waals surface area contributed by atoms with Gasteiger partial charge in [-0.2, -0.15) is 0 Å². The van der Waals surface area contributed by atoms with E-state index in [1.807, 2.05) is 50.5 Å². The van der Waals surface area contributed by atoms with Crippen LogP contribution in [-0.2, 0) is 11.3 Å². The van der Waals surface area contributed by atoms with Crippen molar-refractivity contribution in [3.63, 3.8) is 0 Å². The minimum atomic E-state index is -0.384. The molecule has 3 rings (SSSR count). The molecule has 0 saturated heterocycles. The van der Waals surface area contributed by atoms with E-state index in [1.54, 1.807) is 37.5 Å². The number of benzene rings is 2. The maximum atomic E-state index is 13.0. The Morgan fingerprint density at radius 3 is 2.50 bits per heavy atom. The summed E-state index contributed by atoms with van der Waals surface area (Å²) in [7, 11) is 1.58. The van der Waals surface area contributed by atoms with Gasteiger partial charge in [0.25, 0.3) is 5.91 Å². The molecule has 2 amide bonds. The summed E-state index contributed by atoms with van der Waals surface area (Å²) >= 11 is 1.30. The van der Waals surface area contributed by atoms with Crippen LogP contribution in [-0.4, -0.2) is 39.4 Å². The van der Waals surface area contributed by atoms with Gasteiger partial charge in [-0.15, -0.1) is 16.8 Å². The number of rotatable bonds is 11. The van der Waals surface area contributed by atoms with E-state index in [4.69, 9.17) is 4.74 Å². The van der Waals surface area contributed by atoms with Gasteiger partial charge in [0.15, 0.2) is 11.0 Å². The SMILES string of the molecule is C=CCn1c(SCC(=O)Nc2cccc(C)c2C)nnc1C(NC(=O)c1ccc(OC)cc1)C(C)C. The van der Waals surface area contributed by atoms with Crippen LogP contribution in [0.5, 0.6) is 5.75 Å². The van der Waals surface area contributed by atoms with Gasteiger partial charge in [-0.05, 0) is 61.2 Å². The van der Waals surface area contributed by atoms with Crippen molar-refractivity contribution in [3.8, 4) is 5.75 Å². The fourth-order valence-corrected chi connectivity index (χ4v) is 4.39. The predicted molar refractivity (Wildman–Crippen MR) is 144 cm³/mol. The van der Waals surface area contributed by atoms with Crippen LogP contribution in [0.1, 0.15) is 47.2 Å². The number of thioether (sulfide) groups is 1. The number of hydrogen-bond acceptors (Lipinski definition) is 6. The van der Waals surface area contributed by atoms with Gasteiger partial charge in [-0.3, -0.25) is 9.59 Å². The highest BCUT2D eigenvalue weighted by Gasteiger charge is 2.26. The monoisotopic (exact) mass is 507 g/mol. The highest BCUT2D eigenvalue weighted by Crippen LogP contribution is 2.26. The zero-order valence-electron chi connectivity index (χ0n) is 21.4. The molecule has 2 aromatic carbocycles. The second-order valence-corrected chi connectivity index (χ2v) is 9.69. The molecule has 1 atom stereocenters. The highest BCUT2D eigenvalue weighted by atomic mass is 32.2. The van der Waals surface area contributed by atoms with Gasteiger partial charge >= 0.3 is 0 Å². The molecule has 9 heteroatoms. The Morgan fingerprint density at radius 2 is 1.86 bits per heavy atom. The lowest BCUT2D eigenvalue weighted by molar-refractivity contribution is -0.113. The highest BCUT2D eigenvalue weighted by molar-refractivity contribution is 7.99. The van der Waals surface area contributed by atoms with E-state index < -0.39 is 0 Å². The van der Waals surface area contributed by atoms with E-state index in [2.05, 4.69) is 27.4 Å². The third-order valence-corrected chi connectivity index (χ3v) is 6.82.